The molecule has 1 aliphatic rings. The number of piperazine rings is 1. The number of carbonyl (C=O) groups is 1. The summed E-state index contributed by atoms with van der Waals surface area (Å²) in [5.41, 5.74) is 0.681. The molecule has 1 aliphatic heterocycles. The van der Waals surface area contributed by atoms with E-state index in [9.17, 15) is 22.2 Å². The van der Waals surface area contributed by atoms with Crippen LogP contribution in [0.25, 0.3) is 0 Å². The van der Waals surface area contributed by atoms with E-state index in [2.05, 4.69) is 20.6 Å². The van der Waals surface area contributed by atoms with Crippen LogP contribution in [0.15, 0.2) is 72.0 Å². The van der Waals surface area contributed by atoms with Crippen LogP contribution in [0.2, 0.25) is 0 Å². The zero-order chi connectivity index (χ0) is 24.8. The topological polar surface area (TPSA) is 90.5 Å². The van der Waals surface area contributed by atoms with Gasteiger partial charge in [0, 0.05) is 57.0 Å². The zero-order valence-corrected chi connectivity index (χ0v) is 19.4. The van der Waals surface area contributed by atoms with E-state index in [1.54, 1.807) is 51.9 Å². The van der Waals surface area contributed by atoms with Crippen molar-refractivity contribution in [3.05, 3.63) is 78.2 Å². The Labute approximate surface area is 202 Å². The van der Waals surface area contributed by atoms with Gasteiger partial charge in [0.15, 0.2) is 0 Å². The van der Waals surface area contributed by atoms with Gasteiger partial charge >= 0.3 is 12.2 Å². The second-order valence-corrected chi connectivity index (χ2v) is 9.25. The van der Waals surface area contributed by atoms with Gasteiger partial charge in [0.1, 0.15) is 16.8 Å². The Hall–Kier alpha value is -3.51. The number of benzene rings is 1. The molecule has 4 rings (SSSR count). The Bertz CT molecular complexity index is 1170. The number of nitrogens with zero attached hydrogens (tertiary/aromatic N) is 4. The van der Waals surface area contributed by atoms with Gasteiger partial charge in [-0.25, -0.2) is 18.3 Å². The van der Waals surface area contributed by atoms with Crippen LogP contribution in [0.5, 0.6) is 0 Å². The van der Waals surface area contributed by atoms with Gasteiger partial charge in [0.25, 0.3) is 0 Å². The molecule has 35 heavy (non-hydrogen) atoms. The quantitative estimate of drug-likeness (QED) is 0.535. The highest BCUT2D eigenvalue weighted by Gasteiger charge is 2.32. The summed E-state index contributed by atoms with van der Waals surface area (Å²) in [7, 11) is -1.44. The summed E-state index contributed by atoms with van der Waals surface area (Å²) in [4.78, 5) is 22.5. The molecule has 184 valence electrons. The van der Waals surface area contributed by atoms with Crippen LogP contribution in [-0.4, -0.2) is 50.7 Å². The number of anilines is 2. The molecular weight excluding hydrogens is 481 g/mol. The number of alkyl halides is 3. The molecule has 1 atom stereocenters. The lowest BCUT2D eigenvalue weighted by Gasteiger charge is -2.34. The Morgan fingerprint density at radius 2 is 1.77 bits per heavy atom. The highest BCUT2D eigenvalue weighted by atomic mass is 32.2. The van der Waals surface area contributed by atoms with E-state index in [4.69, 9.17) is 0 Å². The zero-order valence-electron chi connectivity index (χ0n) is 18.5. The fourth-order valence-corrected chi connectivity index (χ4v) is 4.68. The highest BCUT2D eigenvalue weighted by molar-refractivity contribution is 7.82. The van der Waals surface area contributed by atoms with E-state index in [0.29, 0.717) is 43.3 Å². The second kappa shape index (κ2) is 10.8. The first-order valence-electron chi connectivity index (χ1n) is 10.8. The number of rotatable bonds is 6. The summed E-state index contributed by atoms with van der Waals surface area (Å²) < 4.78 is 53.6. The lowest BCUT2D eigenvalue weighted by atomic mass is 10.2. The number of urea groups is 1. The summed E-state index contributed by atoms with van der Waals surface area (Å²) in [5.74, 6) is 0.252. The molecule has 1 saturated heterocycles. The summed E-state index contributed by atoms with van der Waals surface area (Å²) in [6, 6.07) is 11.9. The Balaban J connectivity index is 1.28. The molecule has 0 spiro atoms. The highest BCUT2D eigenvalue weighted by Crippen LogP contribution is 2.31. The van der Waals surface area contributed by atoms with Gasteiger partial charge in [0.05, 0.1) is 10.5 Å². The lowest BCUT2D eigenvalue weighted by Crippen LogP contribution is -2.47. The van der Waals surface area contributed by atoms with Crippen LogP contribution in [0.4, 0.5) is 29.5 Å². The summed E-state index contributed by atoms with van der Waals surface area (Å²) >= 11 is 0. The van der Waals surface area contributed by atoms with Gasteiger partial charge in [-0.05, 0) is 48.0 Å². The van der Waals surface area contributed by atoms with Gasteiger partial charge in [0.2, 0.25) is 0 Å². The van der Waals surface area contributed by atoms with Crippen LogP contribution in [0.1, 0.15) is 11.1 Å². The smallest absolute Gasteiger partial charge is 0.354 e. The van der Waals surface area contributed by atoms with E-state index in [-0.39, 0.29) is 11.8 Å². The third-order valence-corrected chi connectivity index (χ3v) is 6.87. The van der Waals surface area contributed by atoms with Crippen molar-refractivity contribution in [2.45, 2.75) is 17.6 Å². The molecule has 12 heteroatoms. The minimum absolute atomic E-state index is 0.252. The monoisotopic (exact) mass is 504 g/mol. The number of halogens is 3. The average Bonchev–Trinajstić information content (AvgIpc) is 2.88. The van der Waals surface area contributed by atoms with E-state index < -0.39 is 22.7 Å². The standard InChI is InChI=1S/C23H23F3N6O2S/c24-23(25,26)18-7-9-28-21(14-18)31-10-12-32(13-11-31)35(34)20-5-3-19(4-6-20)30-22(33)29-16-17-2-1-8-27-15-17/h1-9,14-15H,10-13,16H2,(H2,29,30,33). The largest absolute Gasteiger partial charge is 0.416 e. The van der Waals surface area contributed by atoms with Gasteiger partial charge in [-0.1, -0.05) is 6.07 Å². The Kier molecular flexibility index (Phi) is 7.61. The first-order valence-corrected chi connectivity index (χ1v) is 11.9. The van der Waals surface area contributed by atoms with Crippen molar-refractivity contribution < 1.29 is 22.2 Å². The number of hydrogen-bond donors (Lipinski definition) is 2. The minimum Gasteiger partial charge on any atom is -0.354 e. The number of amides is 2. The summed E-state index contributed by atoms with van der Waals surface area (Å²) in [6.07, 6.45) is 0.0440. The molecule has 2 amide bonds. The van der Waals surface area contributed by atoms with Crippen molar-refractivity contribution in [2.24, 2.45) is 0 Å². The van der Waals surface area contributed by atoms with E-state index in [1.807, 2.05) is 6.07 Å². The molecular formula is C23H23F3N6O2S. The summed E-state index contributed by atoms with van der Waals surface area (Å²) in [6.45, 7) is 1.94. The van der Waals surface area contributed by atoms with Crippen molar-refractivity contribution >= 4 is 28.5 Å². The Morgan fingerprint density at radius 1 is 1.03 bits per heavy atom. The molecule has 0 radical (unpaired) electrons. The third-order valence-electron chi connectivity index (χ3n) is 5.36. The van der Waals surface area contributed by atoms with Crippen LogP contribution >= 0.6 is 0 Å². The normalized spacial score (nSPS) is 15.5. The van der Waals surface area contributed by atoms with Crippen LogP contribution in [-0.2, 0) is 23.7 Å². The van der Waals surface area contributed by atoms with Gasteiger partial charge in [-0.15, -0.1) is 0 Å². The first-order chi connectivity index (χ1) is 16.8. The van der Waals surface area contributed by atoms with E-state index >= 15 is 0 Å². The van der Waals surface area contributed by atoms with Gasteiger partial charge in [-0.2, -0.15) is 13.2 Å². The number of nitrogens with one attached hydrogen (secondary N) is 2. The molecule has 2 N–H and O–H groups in total. The van der Waals surface area contributed by atoms with Crippen molar-refractivity contribution in [1.29, 1.82) is 0 Å². The number of hydrogen-bond acceptors (Lipinski definition) is 5. The molecule has 1 fully saturated rings. The molecule has 0 saturated carbocycles. The Morgan fingerprint density at radius 3 is 2.43 bits per heavy atom. The van der Waals surface area contributed by atoms with Crippen molar-refractivity contribution in [2.75, 3.05) is 36.4 Å². The molecule has 2 aromatic heterocycles. The molecule has 3 heterocycles. The van der Waals surface area contributed by atoms with Crippen molar-refractivity contribution in [3.8, 4) is 0 Å². The van der Waals surface area contributed by atoms with Gasteiger partial charge < -0.3 is 15.5 Å². The lowest BCUT2D eigenvalue weighted by molar-refractivity contribution is -0.137. The molecule has 0 aliphatic carbocycles. The predicted octanol–water partition coefficient (Wildman–Crippen LogP) is 3.66. The molecule has 1 aromatic carbocycles. The van der Waals surface area contributed by atoms with E-state index in [0.717, 1.165) is 23.9 Å². The number of aromatic nitrogens is 2. The minimum atomic E-state index is -4.43. The molecule has 0 bridgehead atoms. The molecule has 3 aromatic rings. The van der Waals surface area contributed by atoms with E-state index in [1.165, 1.54) is 0 Å². The number of carbonyl (C=O) groups excluding carboxylic acids is 1. The first kappa shape index (κ1) is 24.6. The van der Waals surface area contributed by atoms with Crippen LogP contribution < -0.4 is 15.5 Å². The average molecular weight is 505 g/mol. The van der Waals surface area contributed by atoms with Crippen LogP contribution in [0, 0.1) is 0 Å². The maximum Gasteiger partial charge on any atom is 0.416 e. The van der Waals surface area contributed by atoms with Crippen molar-refractivity contribution in [3.63, 3.8) is 0 Å². The second-order valence-electron chi connectivity index (χ2n) is 7.76. The maximum absolute atomic E-state index is 13.0. The predicted molar refractivity (Wildman–Crippen MR) is 126 cm³/mol. The number of pyridine rings is 2. The third kappa shape index (κ3) is 6.55. The summed E-state index contributed by atoms with van der Waals surface area (Å²) in [5, 5.41) is 5.46. The molecule has 8 nitrogen and oxygen atoms in total. The van der Waals surface area contributed by atoms with Crippen LogP contribution in [0.3, 0.4) is 0 Å². The SMILES string of the molecule is O=C(NCc1cccnc1)Nc1ccc(S(=O)N2CCN(c3cc(C(F)(F)F)ccn3)CC2)cc1. The fourth-order valence-electron chi connectivity index (χ4n) is 3.51. The van der Waals surface area contributed by atoms with Crippen molar-refractivity contribution in [1.82, 2.24) is 19.6 Å². The maximum atomic E-state index is 13.0. The molecule has 1 unspecified atom stereocenters. The fraction of sp³-hybridized carbons (Fsp3) is 0.261. The van der Waals surface area contributed by atoms with Gasteiger partial charge in [-0.3, -0.25) is 4.98 Å².